The third kappa shape index (κ3) is 4.53. The van der Waals surface area contributed by atoms with Gasteiger partial charge in [0, 0.05) is 11.6 Å². The summed E-state index contributed by atoms with van der Waals surface area (Å²) in [6.45, 7) is 0.441. The average molecular weight is 311 g/mol. The van der Waals surface area contributed by atoms with Crippen LogP contribution in [-0.2, 0) is 11.3 Å². The highest BCUT2D eigenvalue weighted by Crippen LogP contribution is 2.11. The number of amides is 1. The molecule has 0 aromatic heterocycles. The van der Waals surface area contributed by atoms with Gasteiger partial charge in [-0.15, -0.1) is 12.4 Å². The van der Waals surface area contributed by atoms with Crippen molar-refractivity contribution in [3.63, 3.8) is 0 Å². The van der Waals surface area contributed by atoms with Gasteiger partial charge in [0.1, 0.15) is 6.04 Å². The van der Waals surface area contributed by atoms with Gasteiger partial charge in [-0.25, -0.2) is 0 Å². The molecular formula is C15H16Cl2N2O. The van der Waals surface area contributed by atoms with E-state index in [1.807, 2.05) is 42.5 Å². The van der Waals surface area contributed by atoms with Crippen LogP contribution in [0.2, 0.25) is 5.02 Å². The Labute approximate surface area is 129 Å². The molecule has 2 aromatic carbocycles. The number of hydrogen-bond acceptors (Lipinski definition) is 2. The predicted octanol–water partition coefficient (Wildman–Crippen LogP) is 3.08. The van der Waals surface area contributed by atoms with Crippen molar-refractivity contribution in [2.45, 2.75) is 12.6 Å². The molecule has 0 bridgehead atoms. The van der Waals surface area contributed by atoms with E-state index in [0.717, 1.165) is 11.1 Å². The fourth-order valence-electron chi connectivity index (χ4n) is 1.71. The molecule has 0 aliphatic carbocycles. The number of carbonyl (C=O) groups is 1. The highest BCUT2D eigenvalue weighted by Gasteiger charge is 2.14. The number of nitrogens with two attached hydrogens (primary N) is 1. The minimum absolute atomic E-state index is 0. The molecule has 0 fully saturated rings. The maximum Gasteiger partial charge on any atom is 0.241 e. The molecule has 2 aromatic rings. The van der Waals surface area contributed by atoms with E-state index in [1.54, 1.807) is 12.1 Å². The first-order valence-electron chi connectivity index (χ1n) is 5.99. The van der Waals surface area contributed by atoms with Crippen molar-refractivity contribution in [3.05, 3.63) is 70.7 Å². The van der Waals surface area contributed by atoms with Crippen LogP contribution < -0.4 is 11.1 Å². The van der Waals surface area contributed by atoms with Crippen LogP contribution in [0.1, 0.15) is 17.2 Å². The Morgan fingerprint density at radius 2 is 1.70 bits per heavy atom. The molecule has 0 saturated heterocycles. The Morgan fingerprint density at radius 1 is 1.10 bits per heavy atom. The summed E-state index contributed by atoms with van der Waals surface area (Å²) in [7, 11) is 0. The average Bonchev–Trinajstić information content (AvgIpc) is 2.46. The molecule has 2 rings (SSSR count). The topological polar surface area (TPSA) is 55.1 Å². The Hall–Kier alpha value is -1.55. The summed E-state index contributed by atoms with van der Waals surface area (Å²) in [5, 5.41) is 3.49. The fraction of sp³-hybridized carbons (Fsp3) is 0.133. The minimum atomic E-state index is -0.645. The maximum absolute atomic E-state index is 11.9. The highest BCUT2D eigenvalue weighted by molar-refractivity contribution is 6.30. The molecular weight excluding hydrogens is 295 g/mol. The second-order valence-electron chi connectivity index (χ2n) is 4.23. The van der Waals surface area contributed by atoms with E-state index in [1.165, 1.54) is 0 Å². The van der Waals surface area contributed by atoms with E-state index in [0.29, 0.717) is 11.6 Å². The van der Waals surface area contributed by atoms with E-state index >= 15 is 0 Å². The smallest absolute Gasteiger partial charge is 0.241 e. The summed E-state index contributed by atoms with van der Waals surface area (Å²) >= 11 is 5.80. The van der Waals surface area contributed by atoms with E-state index in [4.69, 9.17) is 17.3 Å². The van der Waals surface area contributed by atoms with E-state index in [2.05, 4.69) is 5.32 Å². The van der Waals surface area contributed by atoms with Crippen LogP contribution in [0.3, 0.4) is 0 Å². The largest absolute Gasteiger partial charge is 0.350 e. The van der Waals surface area contributed by atoms with Crippen molar-refractivity contribution in [1.29, 1.82) is 0 Å². The number of halogens is 2. The van der Waals surface area contributed by atoms with Gasteiger partial charge >= 0.3 is 0 Å². The molecule has 0 heterocycles. The van der Waals surface area contributed by atoms with Crippen molar-refractivity contribution >= 4 is 29.9 Å². The molecule has 106 valence electrons. The Balaban J connectivity index is 0.00000200. The van der Waals surface area contributed by atoms with Gasteiger partial charge < -0.3 is 11.1 Å². The van der Waals surface area contributed by atoms with Crippen molar-refractivity contribution in [2.24, 2.45) is 5.73 Å². The monoisotopic (exact) mass is 310 g/mol. The van der Waals surface area contributed by atoms with Gasteiger partial charge in [-0.3, -0.25) is 4.79 Å². The van der Waals surface area contributed by atoms with Crippen LogP contribution in [0.15, 0.2) is 54.6 Å². The van der Waals surface area contributed by atoms with Crippen LogP contribution in [0, 0.1) is 0 Å². The zero-order valence-corrected chi connectivity index (χ0v) is 12.3. The lowest BCUT2D eigenvalue weighted by atomic mass is 10.1. The normalized spacial score (nSPS) is 11.3. The lowest BCUT2D eigenvalue weighted by molar-refractivity contribution is -0.122. The first kappa shape index (κ1) is 16.5. The summed E-state index contributed by atoms with van der Waals surface area (Å²) in [4.78, 5) is 11.9. The Kier molecular flexibility index (Phi) is 6.52. The molecule has 0 aliphatic rings. The van der Waals surface area contributed by atoms with Gasteiger partial charge in [0.15, 0.2) is 0 Å². The SMILES string of the molecule is Cl.NC(C(=O)NCc1ccc(Cl)cc1)c1ccccc1. The fourth-order valence-corrected chi connectivity index (χ4v) is 1.84. The van der Waals surface area contributed by atoms with Crippen LogP contribution >= 0.6 is 24.0 Å². The molecule has 0 saturated carbocycles. The number of hydrogen-bond donors (Lipinski definition) is 2. The van der Waals surface area contributed by atoms with E-state index in [9.17, 15) is 4.79 Å². The predicted molar refractivity (Wildman–Crippen MR) is 83.9 cm³/mol. The van der Waals surface area contributed by atoms with Crippen molar-refractivity contribution < 1.29 is 4.79 Å². The van der Waals surface area contributed by atoms with Crippen LogP contribution in [0.25, 0.3) is 0 Å². The summed E-state index contributed by atoms with van der Waals surface area (Å²) in [6, 6.07) is 16.0. The van der Waals surface area contributed by atoms with Gasteiger partial charge in [0.25, 0.3) is 0 Å². The number of nitrogens with one attached hydrogen (secondary N) is 1. The zero-order chi connectivity index (χ0) is 13.7. The van der Waals surface area contributed by atoms with Crippen molar-refractivity contribution in [2.75, 3.05) is 0 Å². The molecule has 0 aliphatic heterocycles. The quantitative estimate of drug-likeness (QED) is 0.912. The number of benzene rings is 2. The van der Waals surface area contributed by atoms with Crippen LogP contribution in [-0.4, -0.2) is 5.91 Å². The molecule has 3 N–H and O–H groups in total. The molecule has 5 heteroatoms. The second kappa shape index (κ2) is 7.90. The van der Waals surface area contributed by atoms with Gasteiger partial charge in [0.2, 0.25) is 5.91 Å². The maximum atomic E-state index is 11.9. The minimum Gasteiger partial charge on any atom is -0.350 e. The third-order valence-corrected chi connectivity index (χ3v) is 3.07. The summed E-state index contributed by atoms with van der Waals surface area (Å²) in [5.74, 6) is -0.193. The van der Waals surface area contributed by atoms with Gasteiger partial charge in [0.05, 0.1) is 0 Å². The molecule has 0 spiro atoms. The number of rotatable bonds is 4. The molecule has 1 unspecified atom stereocenters. The summed E-state index contributed by atoms with van der Waals surface area (Å²) < 4.78 is 0. The molecule has 1 atom stereocenters. The van der Waals surface area contributed by atoms with Gasteiger partial charge in [-0.05, 0) is 23.3 Å². The molecule has 3 nitrogen and oxygen atoms in total. The molecule has 1 amide bonds. The Morgan fingerprint density at radius 3 is 2.30 bits per heavy atom. The second-order valence-corrected chi connectivity index (χ2v) is 4.67. The number of carbonyl (C=O) groups excluding carboxylic acids is 1. The van der Waals surface area contributed by atoms with Gasteiger partial charge in [-0.2, -0.15) is 0 Å². The van der Waals surface area contributed by atoms with E-state index < -0.39 is 6.04 Å². The lowest BCUT2D eigenvalue weighted by Crippen LogP contribution is -2.33. The summed E-state index contributed by atoms with van der Waals surface area (Å²) in [6.07, 6.45) is 0. The first-order valence-corrected chi connectivity index (χ1v) is 6.37. The molecule has 20 heavy (non-hydrogen) atoms. The van der Waals surface area contributed by atoms with Crippen LogP contribution in [0.4, 0.5) is 0 Å². The van der Waals surface area contributed by atoms with E-state index in [-0.39, 0.29) is 18.3 Å². The first-order chi connectivity index (χ1) is 9.16. The van der Waals surface area contributed by atoms with Gasteiger partial charge in [-0.1, -0.05) is 54.1 Å². The lowest BCUT2D eigenvalue weighted by Gasteiger charge is -2.12. The van der Waals surface area contributed by atoms with Crippen molar-refractivity contribution in [1.82, 2.24) is 5.32 Å². The third-order valence-electron chi connectivity index (χ3n) is 2.82. The molecule has 0 radical (unpaired) electrons. The summed E-state index contributed by atoms with van der Waals surface area (Å²) in [5.41, 5.74) is 7.68. The standard InChI is InChI=1S/C15H15ClN2O.ClH/c16-13-8-6-11(7-9-13)10-18-15(19)14(17)12-4-2-1-3-5-12;/h1-9,14H,10,17H2,(H,18,19);1H. The van der Waals surface area contributed by atoms with Crippen molar-refractivity contribution in [3.8, 4) is 0 Å². The van der Waals surface area contributed by atoms with Crippen LogP contribution in [0.5, 0.6) is 0 Å². The highest BCUT2D eigenvalue weighted by atomic mass is 35.5. The Bertz CT molecular complexity index is 544. The zero-order valence-electron chi connectivity index (χ0n) is 10.8.